The van der Waals surface area contributed by atoms with Crippen LogP contribution in [0.25, 0.3) is 0 Å². The molecule has 5 heteroatoms. The molecule has 1 atom stereocenters. The SMILES string of the molecule is COc1cc(C)c([C@@H](C)NC(=O)CCCOc2ccc(Cl)cc2)cc1C(C)C. The normalized spacial score (nSPS) is 12.0. The fraction of sp³-hybridized carbons (Fsp3) is 0.435. The number of methoxy groups -OCH3 is 1. The van der Waals surface area contributed by atoms with Gasteiger partial charge >= 0.3 is 0 Å². The number of aryl methyl sites for hydroxylation is 1. The smallest absolute Gasteiger partial charge is 0.220 e. The fourth-order valence-corrected chi connectivity index (χ4v) is 3.28. The average Bonchev–Trinajstić information content (AvgIpc) is 2.65. The second-order valence-corrected chi connectivity index (χ2v) is 7.74. The van der Waals surface area contributed by atoms with Crippen molar-refractivity contribution in [3.05, 3.63) is 58.1 Å². The maximum atomic E-state index is 12.3. The molecule has 0 fully saturated rings. The number of rotatable bonds is 9. The number of carbonyl (C=O) groups excluding carboxylic acids is 1. The fourth-order valence-electron chi connectivity index (χ4n) is 3.16. The summed E-state index contributed by atoms with van der Waals surface area (Å²) in [5.41, 5.74) is 3.39. The summed E-state index contributed by atoms with van der Waals surface area (Å²) in [4.78, 5) is 12.3. The van der Waals surface area contributed by atoms with E-state index < -0.39 is 0 Å². The second kappa shape index (κ2) is 10.4. The second-order valence-electron chi connectivity index (χ2n) is 7.30. The molecule has 0 bridgehead atoms. The van der Waals surface area contributed by atoms with E-state index in [-0.39, 0.29) is 11.9 Å². The highest BCUT2D eigenvalue weighted by atomic mass is 35.5. The van der Waals surface area contributed by atoms with Crippen molar-refractivity contribution in [3.8, 4) is 11.5 Å². The van der Waals surface area contributed by atoms with Crippen LogP contribution in [0, 0.1) is 6.92 Å². The van der Waals surface area contributed by atoms with Crippen LogP contribution >= 0.6 is 11.6 Å². The third-order valence-electron chi connectivity index (χ3n) is 4.71. The van der Waals surface area contributed by atoms with Crippen molar-refractivity contribution in [2.45, 2.75) is 52.5 Å². The van der Waals surface area contributed by atoms with E-state index in [1.54, 1.807) is 19.2 Å². The standard InChI is InChI=1S/C23H30ClNO3/c1-15(2)20-14-21(16(3)13-22(20)27-5)17(4)25-23(26)7-6-12-28-19-10-8-18(24)9-11-19/h8-11,13-15,17H,6-7,12H2,1-5H3,(H,25,26)/t17-/m1/s1. The van der Waals surface area contributed by atoms with E-state index in [0.29, 0.717) is 30.4 Å². The molecule has 2 rings (SSSR count). The molecule has 1 amide bonds. The zero-order chi connectivity index (χ0) is 20.7. The van der Waals surface area contributed by atoms with Crippen molar-refractivity contribution in [1.82, 2.24) is 5.32 Å². The van der Waals surface area contributed by atoms with E-state index in [9.17, 15) is 4.79 Å². The Morgan fingerprint density at radius 2 is 1.79 bits per heavy atom. The lowest BCUT2D eigenvalue weighted by Crippen LogP contribution is -2.27. The number of ether oxygens (including phenoxy) is 2. The number of amides is 1. The number of halogens is 1. The molecule has 152 valence electrons. The third-order valence-corrected chi connectivity index (χ3v) is 4.97. The number of hydrogen-bond donors (Lipinski definition) is 1. The van der Waals surface area contributed by atoms with Gasteiger partial charge in [0.15, 0.2) is 0 Å². The highest BCUT2D eigenvalue weighted by Gasteiger charge is 2.16. The Hall–Kier alpha value is -2.20. The molecule has 0 spiro atoms. The lowest BCUT2D eigenvalue weighted by atomic mass is 9.93. The summed E-state index contributed by atoms with van der Waals surface area (Å²) in [6.45, 7) is 8.83. The Morgan fingerprint density at radius 1 is 1.11 bits per heavy atom. The summed E-state index contributed by atoms with van der Waals surface area (Å²) in [6.07, 6.45) is 1.07. The van der Waals surface area contributed by atoms with Crippen LogP contribution < -0.4 is 14.8 Å². The molecule has 2 aromatic rings. The molecule has 0 radical (unpaired) electrons. The molecule has 0 unspecified atom stereocenters. The molecule has 0 aromatic heterocycles. The zero-order valence-corrected chi connectivity index (χ0v) is 18.1. The first-order valence-corrected chi connectivity index (χ1v) is 10.1. The maximum Gasteiger partial charge on any atom is 0.220 e. The van der Waals surface area contributed by atoms with Crippen LogP contribution in [0.1, 0.15) is 62.3 Å². The average molecular weight is 404 g/mol. The molecule has 0 saturated heterocycles. The lowest BCUT2D eigenvalue weighted by Gasteiger charge is -2.21. The molecular formula is C23H30ClNO3. The van der Waals surface area contributed by atoms with Gasteiger partial charge in [-0.3, -0.25) is 4.79 Å². The van der Waals surface area contributed by atoms with Gasteiger partial charge in [0.25, 0.3) is 0 Å². The van der Waals surface area contributed by atoms with Gasteiger partial charge in [0, 0.05) is 11.4 Å². The van der Waals surface area contributed by atoms with Gasteiger partial charge in [-0.1, -0.05) is 25.4 Å². The predicted octanol–water partition coefficient (Wildman–Crippen LogP) is 5.82. The van der Waals surface area contributed by atoms with Gasteiger partial charge in [0.1, 0.15) is 11.5 Å². The van der Waals surface area contributed by atoms with Gasteiger partial charge in [0.2, 0.25) is 5.91 Å². The first kappa shape index (κ1) is 22.1. The molecule has 1 N–H and O–H groups in total. The number of carbonyl (C=O) groups is 1. The summed E-state index contributed by atoms with van der Waals surface area (Å²) in [5.74, 6) is 2.03. The van der Waals surface area contributed by atoms with Crippen molar-refractivity contribution < 1.29 is 14.3 Å². The Morgan fingerprint density at radius 3 is 2.39 bits per heavy atom. The summed E-state index contributed by atoms with van der Waals surface area (Å²) < 4.78 is 11.1. The Kier molecular flexibility index (Phi) is 8.18. The van der Waals surface area contributed by atoms with E-state index >= 15 is 0 Å². The lowest BCUT2D eigenvalue weighted by molar-refractivity contribution is -0.121. The molecule has 0 aliphatic carbocycles. The van der Waals surface area contributed by atoms with Crippen LogP contribution in [0.15, 0.2) is 36.4 Å². The van der Waals surface area contributed by atoms with Crippen molar-refractivity contribution in [1.29, 1.82) is 0 Å². The molecule has 28 heavy (non-hydrogen) atoms. The summed E-state index contributed by atoms with van der Waals surface area (Å²) in [7, 11) is 1.69. The van der Waals surface area contributed by atoms with Gasteiger partial charge in [0.05, 0.1) is 19.8 Å². The number of benzene rings is 2. The van der Waals surface area contributed by atoms with Gasteiger partial charge in [-0.15, -0.1) is 0 Å². The highest BCUT2D eigenvalue weighted by molar-refractivity contribution is 6.30. The predicted molar refractivity (Wildman–Crippen MR) is 115 cm³/mol. The minimum Gasteiger partial charge on any atom is -0.496 e. The van der Waals surface area contributed by atoms with Crippen LogP contribution in [-0.4, -0.2) is 19.6 Å². The van der Waals surface area contributed by atoms with Gasteiger partial charge in [-0.25, -0.2) is 0 Å². The molecular weight excluding hydrogens is 374 g/mol. The van der Waals surface area contributed by atoms with Crippen LogP contribution in [0.2, 0.25) is 5.02 Å². The minimum absolute atomic E-state index is 0.0218. The van der Waals surface area contributed by atoms with Gasteiger partial charge in [-0.2, -0.15) is 0 Å². The quantitative estimate of drug-likeness (QED) is 0.537. The topological polar surface area (TPSA) is 47.6 Å². The molecule has 0 saturated carbocycles. The highest BCUT2D eigenvalue weighted by Crippen LogP contribution is 2.32. The zero-order valence-electron chi connectivity index (χ0n) is 17.3. The van der Waals surface area contributed by atoms with Crippen molar-refractivity contribution in [3.63, 3.8) is 0 Å². The summed E-state index contributed by atoms with van der Waals surface area (Å²) >= 11 is 5.85. The van der Waals surface area contributed by atoms with Crippen LogP contribution in [0.4, 0.5) is 0 Å². The van der Waals surface area contributed by atoms with Gasteiger partial charge < -0.3 is 14.8 Å². The Balaban J connectivity index is 1.87. The molecule has 0 heterocycles. The number of hydrogen-bond acceptors (Lipinski definition) is 3. The first-order chi connectivity index (χ1) is 13.3. The monoisotopic (exact) mass is 403 g/mol. The van der Waals surface area contributed by atoms with E-state index in [0.717, 1.165) is 28.2 Å². The number of nitrogens with one attached hydrogen (secondary N) is 1. The molecule has 2 aromatic carbocycles. The molecule has 0 aliphatic rings. The molecule has 4 nitrogen and oxygen atoms in total. The Labute approximate surface area is 173 Å². The minimum atomic E-state index is -0.0620. The maximum absolute atomic E-state index is 12.3. The largest absolute Gasteiger partial charge is 0.496 e. The van der Waals surface area contributed by atoms with Crippen LogP contribution in [0.3, 0.4) is 0 Å². The summed E-state index contributed by atoms with van der Waals surface area (Å²) in [5, 5.41) is 3.77. The van der Waals surface area contributed by atoms with Crippen molar-refractivity contribution in [2.75, 3.05) is 13.7 Å². The first-order valence-electron chi connectivity index (χ1n) is 9.68. The van der Waals surface area contributed by atoms with E-state index in [1.165, 1.54) is 0 Å². The van der Waals surface area contributed by atoms with E-state index in [2.05, 4.69) is 25.2 Å². The van der Waals surface area contributed by atoms with Crippen molar-refractivity contribution >= 4 is 17.5 Å². The third kappa shape index (κ3) is 6.16. The van der Waals surface area contributed by atoms with Crippen LogP contribution in [-0.2, 0) is 4.79 Å². The van der Waals surface area contributed by atoms with E-state index in [1.807, 2.05) is 32.0 Å². The Bertz CT molecular complexity index is 787. The van der Waals surface area contributed by atoms with E-state index in [4.69, 9.17) is 21.1 Å². The van der Waals surface area contributed by atoms with Crippen LogP contribution in [0.5, 0.6) is 11.5 Å². The van der Waals surface area contributed by atoms with Crippen molar-refractivity contribution in [2.24, 2.45) is 0 Å². The molecule has 0 aliphatic heterocycles. The summed E-state index contributed by atoms with van der Waals surface area (Å²) in [6, 6.07) is 11.3. The van der Waals surface area contributed by atoms with Gasteiger partial charge in [-0.05, 0) is 79.3 Å².